The summed E-state index contributed by atoms with van der Waals surface area (Å²) < 4.78 is 40.0. The van der Waals surface area contributed by atoms with Gasteiger partial charge < -0.3 is 21.3 Å². The number of phenols is 1. The first-order valence-electron chi connectivity index (χ1n) is 5.63. The number of phenolic OH excluding ortho intramolecular Hbond substituents is 1. The molecule has 0 radical (unpaired) electrons. The molecule has 2 rings (SSSR count). The Balaban J connectivity index is 2.54. The molecule has 1 aromatic carbocycles. The van der Waals surface area contributed by atoms with Crippen LogP contribution in [0.1, 0.15) is 5.56 Å². The normalized spacial score (nSPS) is 11.0. The highest BCUT2D eigenvalue weighted by Crippen LogP contribution is 2.36. The van der Waals surface area contributed by atoms with E-state index in [9.17, 15) is 18.3 Å². The molecule has 2 aromatic rings. The average Bonchev–Trinajstić information content (AvgIpc) is 2.36. The lowest BCUT2D eigenvalue weighted by Gasteiger charge is -2.12. The molecule has 0 fully saturated rings. The molecule has 1 aromatic heterocycles. The maximum Gasteiger partial charge on any atom is 0.573 e. The first-order chi connectivity index (χ1) is 10.2. The molecule has 0 aliphatic carbocycles. The van der Waals surface area contributed by atoms with Crippen LogP contribution in [0.15, 0.2) is 18.2 Å². The van der Waals surface area contributed by atoms with E-state index in [1.165, 1.54) is 0 Å². The standard InChI is InChI=1S/C12H8F3N5O2/c13-12(14,15)22-5-1-2-6(8(21)3-5)9-7(4-16)10(17)20-11(18)19-9/h1-3,21H,(H4,17,18,19,20). The van der Waals surface area contributed by atoms with Gasteiger partial charge >= 0.3 is 6.36 Å². The van der Waals surface area contributed by atoms with Crippen molar-refractivity contribution in [2.75, 3.05) is 11.5 Å². The fourth-order valence-corrected chi connectivity index (χ4v) is 1.71. The van der Waals surface area contributed by atoms with Gasteiger partial charge in [0.1, 0.15) is 28.9 Å². The number of halogens is 3. The molecule has 0 aliphatic heterocycles. The van der Waals surface area contributed by atoms with Gasteiger partial charge in [0.2, 0.25) is 5.95 Å². The van der Waals surface area contributed by atoms with Crippen molar-refractivity contribution in [3.63, 3.8) is 0 Å². The third-order valence-electron chi connectivity index (χ3n) is 2.52. The number of anilines is 2. The zero-order valence-electron chi connectivity index (χ0n) is 10.7. The third-order valence-corrected chi connectivity index (χ3v) is 2.52. The second-order valence-corrected chi connectivity index (χ2v) is 4.03. The molecule has 0 bridgehead atoms. The molecule has 22 heavy (non-hydrogen) atoms. The molecular formula is C12H8F3N5O2. The fraction of sp³-hybridized carbons (Fsp3) is 0.0833. The Labute approximate surface area is 121 Å². The van der Waals surface area contributed by atoms with Crippen molar-refractivity contribution < 1.29 is 23.0 Å². The van der Waals surface area contributed by atoms with Crippen LogP contribution in [-0.2, 0) is 0 Å². The van der Waals surface area contributed by atoms with Crippen LogP contribution in [0, 0.1) is 11.3 Å². The Hall–Kier alpha value is -3.22. The summed E-state index contributed by atoms with van der Waals surface area (Å²) in [5, 5.41) is 18.9. The summed E-state index contributed by atoms with van der Waals surface area (Å²) in [6.07, 6.45) is -4.89. The molecule has 114 valence electrons. The zero-order valence-corrected chi connectivity index (χ0v) is 10.7. The average molecular weight is 311 g/mol. The Morgan fingerprint density at radius 3 is 2.45 bits per heavy atom. The van der Waals surface area contributed by atoms with Crippen LogP contribution in [-0.4, -0.2) is 21.4 Å². The number of hydrogen-bond donors (Lipinski definition) is 3. The van der Waals surface area contributed by atoms with Gasteiger partial charge in [-0.25, -0.2) is 4.98 Å². The molecule has 10 heteroatoms. The number of aromatic hydroxyl groups is 1. The third kappa shape index (κ3) is 3.09. The minimum absolute atomic E-state index is 0.0353. The van der Waals surface area contributed by atoms with Gasteiger partial charge in [-0.15, -0.1) is 13.2 Å². The number of alkyl halides is 3. The molecule has 0 atom stereocenters. The molecule has 7 nitrogen and oxygen atoms in total. The van der Waals surface area contributed by atoms with E-state index in [4.69, 9.17) is 16.7 Å². The van der Waals surface area contributed by atoms with Crippen LogP contribution >= 0.6 is 0 Å². The number of nitrogens with two attached hydrogens (primary N) is 2. The van der Waals surface area contributed by atoms with E-state index in [1.807, 2.05) is 0 Å². The summed E-state index contributed by atoms with van der Waals surface area (Å²) in [5.41, 5.74) is 10.7. The Morgan fingerprint density at radius 1 is 1.23 bits per heavy atom. The molecule has 0 aliphatic rings. The minimum atomic E-state index is -4.89. The molecule has 0 spiro atoms. The highest BCUT2D eigenvalue weighted by molar-refractivity contribution is 5.77. The minimum Gasteiger partial charge on any atom is -0.507 e. The predicted octanol–water partition coefficient (Wildman–Crippen LogP) is 1.78. The van der Waals surface area contributed by atoms with Crippen LogP contribution in [0.5, 0.6) is 11.5 Å². The van der Waals surface area contributed by atoms with Gasteiger partial charge in [0.25, 0.3) is 0 Å². The number of nitriles is 1. The quantitative estimate of drug-likeness (QED) is 0.770. The highest BCUT2D eigenvalue weighted by atomic mass is 19.4. The van der Waals surface area contributed by atoms with Crippen molar-refractivity contribution in [3.05, 3.63) is 23.8 Å². The van der Waals surface area contributed by atoms with E-state index in [-0.39, 0.29) is 28.6 Å². The highest BCUT2D eigenvalue weighted by Gasteiger charge is 2.31. The van der Waals surface area contributed by atoms with Gasteiger partial charge in [-0.1, -0.05) is 0 Å². The van der Waals surface area contributed by atoms with E-state index >= 15 is 0 Å². The van der Waals surface area contributed by atoms with Crippen LogP contribution in [0.25, 0.3) is 11.3 Å². The Kier molecular flexibility index (Phi) is 3.64. The number of aromatic nitrogens is 2. The first kappa shape index (κ1) is 15.2. The van der Waals surface area contributed by atoms with E-state index in [0.717, 1.165) is 18.2 Å². The van der Waals surface area contributed by atoms with Crippen LogP contribution < -0.4 is 16.2 Å². The van der Waals surface area contributed by atoms with Gasteiger partial charge in [-0.05, 0) is 12.1 Å². The van der Waals surface area contributed by atoms with Gasteiger partial charge in [0.05, 0.1) is 5.69 Å². The summed E-state index contributed by atoms with van der Waals surface area (Å²) in [4.78, 5) is 7.37. The zero-order chi connectivity index (χ0) is 16.5. The monoisotopic (exact) mass is 311 g/mol. The number of ether oxygens (including phenoxy) is 1. The second kappa shape index (κ2) is 5.28. The van der Waals surface area contributed by atoms with Gasteiger partial charge in [-0.2, -0.15) is 10.2 Å². The lowest BCUT2D eigenvalue weighted by molar-refractivity contribution is -0.274. The van der Waals surface area contributed by atoms with E-state index in [0.29, 0.717) is 0 Å². The van der Waals surface area contributed by atoms with E-state index in [1.54, 1.807) is 6.07 Å². The topological polar surface area (TPSA) is 131 Å². The molecular weight excluding hydrogens is 303 g/mol. The number of hydrogen-bond acceptors (Lipinski definition) is 7. The molecule has 0 saturated carbocycles. The van der Waals surface area contributed by atoms with Crippen molar-refractivity contribution in [1.82, 2.24) is 9.97 Å². The summed E-state index contributed by atoms with van der Waals surface area (Å²) >= 11 is 0. The largest absolute Gasteiger partial charge is 0.573 e. The summed E-state index contributed by atoms with van der Waals surface area (Å²) in [7, 11) is 0. The number of nitrogen functional groups attached to an aromatic ring is 2. The number of nitrogens with zero attached hydrogens (tertiary/aromatic N) is 3. The van der Waals surface area contributed by atoms with Crippen molar-refractivity contribution in [1.29, 1.82) is 5.26 Å². The van der Waals surface area contributed by atoms with Crippen LogP contribution in [0.4, 0.5) is 24.9 Å². The van der Waals surface area contributed by atoms with Gasteiger partial charge in [-0.3, -0.25) is 0 Å². The first-order valence-corrected chi connectivity index (χ1v) is 5.63. The van der Waals surface area contributed by atoms with Crippen molar-refractivity contribution in [2.45, 2.75) is 6.36 Å². The number of benzene rings is 1. The molecule has 0 unspecified atom stereocenters. The molecule has 0 saturated heterocycles. The second-order valence-electron chi connectivity index (χ2n) is 4.03. The van der Waals surface area contributed by atoms with E-state index < -0.39 is 17.9 Å². The summed E-state index contributed by atoms with van der Waals surface area (Å²) in [6, 6.07) is 4.53. The predicted molar refractivity (Wildman–Crippen MR) is 69.4 cm³/mol. The molecule has 0 amide bonds. The number of rotatable bonds is 2. The Bertz CT molecular complexity index is 771. The maximum atomic E-state index is 12.1. The van der Waals surface area contributed by atoms with Crippen molar-refractivity contribution in [2.24, 2.45) is 0 Å². The van der Waals surface area contributed by atoms with Crippen molar-refractivity contribution >= 4 is 11.8 Å². The van der Waals surface area contributed by atoms with Crippen LogP contribution in [0.3, 0.4) is 0 Å². The van der Waals surface area contributed by atoms with Gasteiger partial charge in [0, 0.05) is 11.6 Å². The van der Waals surface area contributed by atoms with Gasteiger partial charge in [0.15, 0.2) is 0 Å². The lowest BCUT2D eigenvalue weighted by Crippen LogP contribution is -2.17. The SMILES string of the molecule is N#Cc1c(N)nc(N)nc1-c1ccc(OC(F)(F)F)cc1O. The smallest absolute Gasteiger partial charge is 0.507 e. The van der Waals surface area contributed by atoms with Crippen molar-refractivity contribution in [3.8, 4) is 28.8 Å². The van der Waals surface area contributed by atoms with E-state index in [2.05, 4.69) is 14.7 Å². The summed E-state index contributed by atoms with van der Waals surface area (Å²) in [5.74, 6) is -1.67. The molecule has 1 heterocycles. The lowest BCUT2D eigenvalue weighted by atomic mass is 10.1. The fourth-order valence-electron chi connectivity index (χ4n) is 1.71. The Morgan fingerprint density at radius 2 is 1.91 bits per heavy atom. The summed E-state index contributed by atoms with van der Waals surface area (Å²) in [6.45, 7) is 0. The molecule has 5 N–H and O–H groups in total. The van der Waals surface area contributed by atoms with Crippen LogP contribution in [0.2, 0.25) is 0 Å². The maximum absolute atomic E-state index is 12.1.